The number of hydrogen-bond donors (Lipinski definition) is 2. The molecule has 0 saturated carbocycles. The summed E-state index contributed by atoms with van der Waals surface area (Å²) in [6.07, 6.45) is -0.564. The molecular formula is C14H30BrN3O4S. The summed E-state index contributed by atoms with van der Waals surface area (Å²) in [6, 6.07) is -0.413. The Balaban J connectivity index is 4.87. The third kappa shape index (κ3) is 9.49. The highest BCUT2D eigenvalue weighted by Crippen LogP contribution is 2.20. The second-order valence-electron chi connectivity index (χ2n) is 7.43. The van der Waals surface area contributed by atoms with Gasteiger partial charge < -0.3 is 10.1 Å². The Morgan fingerprint density at radius 2 is 1.74 bits per heavy atom. The standard InChI is InChI=1S/C14H30BrN3O4S/c1-13(2,3)11(17-12(19)22-14(4,5)6)10-16-23(20,21)18(7)9-8-15/h11,16H,8-10H2,1-7H3,(H,17,19)/t11-/m1/s1. The summed E-state index contributed by atoms with van der Waals surface area (Å²) >= 11 is 3.21. The summed E-state index contributed by atoms with van der Waals surface area (Å²) in [4.78, 5) is 11.9. The lowest BCUT2D eigenvalue weighted by atomic mass is 9.87. The van der Waals surface area contributed by atoms with Crippen molar-refractivity contribution in [2.24, 2.45) is 5.41 Å². The summed E-state index contributed by atoms with van der Waals surface area (Å²) < 4.78 is 33.2. The maximum atomic E-state index is 12.1. The minimum absolute atomic E-state index is 0.0811. The molecule has 0 bridgehead atoms. The minimum Gasteiger partial charge on any atom is -0.444 e. The topological polar surface area (TPSA) is 87.7 Å². The Bertz CT molecular complexity index is 483. The summed E-state index contributed by atoms with van der Waals surface area (Å²) in [7, 11) is -2.09. The van der Waals surface area contributed by atoms with Gasteiger partial charge in [0.15, 0.2) is 0 Å². The highest BCUT2D eigenvalue weighted by Gasteiger charge is 2.30. The van der Waals surface area contributed by atoms with E-state index >= 15 is 0 Å². The fourth-order valence-corrected chi connectivity index (χ4v) is 3.26. The van der Waals surface area contributed by atoms with E-state index in [1.165, 1.54) is 11.4 Å². The molecule has 0 aromatic rings. The van der Waals surface area contributed by atoms with Crippen LogP contribution in [-0.4, -0.2) is 55.9 Å². The fourth-order valence-electron chi connectivity index (χ4n) is 1.56. The first-order valence-corrected chi connectivity index (χ1v) is 10.0. The first-order valence-electron chi connectivity index (χ1n) is 7.45. The quantitative estimate of drug-likeness (QED) is 0.623. The van der Waals surface area contributed by atoms with Crippen LogP contribution in [0.25, 0.3) is 0 Å². The van der Waals surface area contributed by atoms with Crippen molar-refractivity contribution < 1.29 is 17.9 Å². The van der Waals surface area contributed by atoms with Crippen LogP contribution in [0.2, 0.25) is 0 Å². The lowest BCUT2D eigenvalue weighted by Crippen LogP contribution is -2.53. The second kappa shape index (κ2) is 8.64. The summed E-state index contributed by atoms with van der Waals surface area (Å²) in [5.74, 6) is 0. The molecule has 1 amide bonds. The molecule has 0 aromatic carbocycles. The molecule has 1 atom stereocenters. The molecule has 0 aliphatic heterocycles. The normalized spacial score (nSPS) is 14.7. The second-order valence-corrected chi connectivity index (χ2v) is 10.1. The van der Waals surface area contributed by atoms with Gasteiger partial charge in [0.25, 0.3) is 10.2 Å². The van der Waals surface area contributed by atoms with Gasteiger partial charge in [-0.1, -0.05) is 36.7 Å². The number of nitrogens with zero attached hydrogens (tertiary/aromatic N) is 1. The zero-order chi connectivity index (χ0) is 18.5. The van der Waals surface area contributed by atoms with Crippen molar-refractivity contribution >= 4 is 32.2 Å². The number of carbonyl (C=O) groups is 1. The van der Waals surface area contributed by atoms with Gasteiger partial charge in [-0.15, -0.1) is 0 Å². The molecule has 0 saturated heterocycles. The van der Waals surface area contributed by atoms with Crippen molar-refractivity contribution in [3.05, 3.63) is 0 Å². The van der Waals surface area contributed by atoms with Gasteiger partial charge >= 0.3 is 6.09 Å². The number of carbonyl (C=O) groups excluding carboxylic acids is 1. The fraction of sp³-hybridized carbons (Fsp3) is 0.929. The number of rotatable bonds is 7. The Kier molecular flexibility index (Phi) is 8.50. The van der Waals surface area contributed by atoms with Crippen LogP contribution in [0, 0.1) is 5.41 Å². The van der Waals surface area contributed by atoms with Crippen molar-refractivity contribution in [2.45, 2.75) is 53.2 Å². The molecule has 0 unspecified atom stereocenters. The zero-order valence-electron chi connectivity index (χ0n) is 15.1. The molecule has 0 aromatic heterocycles. The Morgan fingerprint density at radius 1 is 1.22 bits per heavy atom. The largest absolute Gasteiger partial charge is 0.444 e. The van der Waals surface area contributed by atoms with Crippen LogP contribution in [-0.2, 0) is 14.9 Å². The van der Waals surface area contributed by atoms with Crippen molar-refractivity contribution in [3.8, 4) is 0 Å². The maximum absolute atomic E-state index is 12.1. The molecule has 0 spiro atoms. The van der Waals surface area contributed by atoms with Gasteiger partial charge in [-0.3, -0.25) is 0 Å². The zero-order valence-corrected chi connectivity index (χ0v) is 17.5. The molecule has 0 aliphatic rings. The van der Waals surface area contributed by atoms with E-state index in [-0.39, 0.29) is 12.0 Å². The van der Waals surface area contributed by atoms with Gasteiger partial charge in [0.1, 0.15) is 5.60 Å². The van der Waals surface area contributed by atoms with Crippen molar-refractivity contribution in [3.63, 3.8) is 0 Å². The molecule has 23 heavy (non-hydrogen) atoms. The molecule has 7 nitrogen and oxygen atoms in total. The Hall–Kier alpha value is -0.380. The van der Waals surface area contributed by atoms with Crippen molar-refractivity contribution in [1.82, 2.24) is 14.3 Å². The molecule has 0 fully saturated rings. The number of amides is 1. The monoisotopic (exact) mass is 415 g/mol. The van der Waals surface area contributed by atoms with Crippen molar-refractivity contribution in [2.75, 3.05) is 25.5 Å². The van der Waals surface area contributed by atoms with E-state index in [0.29, 0.717) is 11.9 Å². The van der Waals surface area contributed by atoms with E-state index < -0.39 is 27.9 Å². The van der Waals surface area contributed by atoms with E-state index in [0.717, 1.165) is 0 Å². The number of alkyl carbamates (subject to hydrolysis) is 1. The van der Waals surface area contributed by atoms with E-state index in [2.05, 4.69) is 26.0 Å². The predicted octanol–water partition coefficient (Wildman–Crippen LogP) is 2.09. The third-order valence-corrected chi connectivity index (χ3v) is 4.91. The van der Waals surface area contributed by atoms with Gasteiger partial charge in [0.2, 0.25) is 0 Å². The average molecular weight is 416 g/mol. The first kappa shape index (κ1) is 22.6. The van der Waals surface area contributed by atoms with E-state index in [9.17, 15) is 13.2 Å². The summed E-state index contributed by atoms with van der Waals surface area (Å²) in [5, 5.41) is 3.29. The number of hydrogen-bond acceptors (Lipinski definition) is 4. The average Bonchev–Trinajstić information content (AvgIpc) is 2.31. The van der Waals surface area contributed by atoms with Gasteiger partial charge in [0, 0.05) is 25.5 Å². The number of ether oxygens (including phenoxy) is 1. The Labute approximate surface area is 148 Å². The minimum atomic E-state index is -3.59. The molecule has 0 rings (SSSR count). The lowest BCUT2D eigenvalue weighted by molar-refractivity contribution is 0.0466. The third-order valence-electron chi connectivity index (χ3n) is 3.02. The van der Waals surface area contributed by atoms with Crippen LogP contribution in [0.1, 0.15) is 41.5 Å². The summed E-state index contributed by atoms with van der Waals surface area (Å²) in [6.45, 7) is 11.5. The van der Waals surface area contributed by atoms with Gasteiger partial charge in [-0.25, -0.2) is 9.52 Å². The Morgan fingerprint density at radius 3 is 2.13 bits per heavy atom. The molecule has 0 radical (unpaired) electrons. The van der Waals surface area contributed by atoms with Crippen LogP contribution in [0.3, 0.4) is 0 Å². The van der Waals surface area contributed by atoms with E-state index in [4.69, 9.17) is 4.74 Å². The molecular weight excluding hydrogens is 386 g/mol. The SMILES string of the molecule is CN(CCBr)S(=O)(=O)NC[C@@H](NC(=O)OC(C)(C)C)C(C)(C)C. The lowest BCUT2D eigenvalue weighted by Gasteiger charge is -2.33. The van der Waals surface area contributed by atoms with Crippen LogP contribution < -0.4 is 10.0 Å². The van der Waals surface area contributed by atoms with Gasteiger partial charge in [-0.05, 0) is 26.2 Å². The molecule has 0 heterocycles. The van der Waals surface area contributed by atoms with Crippen LogP contribution >= 0.6 is 15.9 Å². The molecule has 0 aliphatic carbocycles. The predicted molar refractivity (Wildman–Crippen MR) is 96.0 cm³/mol. The number of nitrogens with one attached hydrogen (secondary N) is 2. The van der Waals surface area contributed by atoms with Crippen molar-refractivity contribution in [1.29, 1.82) is 0 Å². The highest BCUT2D eigenvalue weighted by atomic mass is 79.9. The van der Waals surface area contributed by atoms with Crippen LogP contribution in [0.15, 0.2) is 0 Å². The van der Waals surface area contributed by atoms with Gasteiger partial charge in [-0.2, -0.15) is 12.7 Å². The highest BCUT2D eigenvalue weighted by molar-refractivity contribution is 9.09. The first-order chi connectivity index (χ1) is 10.2. The van der Waals surface area contributed by atoms with Gasteiger partial charge in [0.05, 0.1) is 6.04 Å². The summed E-state index contributed by atoms with van der Waals surface area (Å²) in [5.41, 5.74) is -0.949. The number of alkyl halides is 1. The maximum Gasteiger partial charge on any atom is 0.407 e. The van der Waals surface area contributed by atoms with E-state index in [1.54, 1.807) is 20.8 Å². The molecule has 2 N–H and O–H groups in total. The smallest absolute Gasteiger partial charge is 0.407 e. The molecule has 138 valence electrons. The van der Waals surface area contributed by atoms with Crippen LogP contribution in [0.5, 0.6) is 0 Å². The van der Waals surface area contributed by atoms with Crippen LogP contribution in [0.4, 0.5) is 4.79 Å². The number of halogens is 1. The van der Waals surface area contributed by atoms with E-state index in [1.807, 2.05) is 20.8 Å². The molecule has 9 heteroatoms.